The van der Waals surface area contributed by atoms with Gasteiger partial charge in [-0.05, 0) is 6.07 Å². The largest absolute Gasteiger partial charge is 0.244 e. The predicted molar refractivity (Wildman–Crippen MR) is 47.6 cm³/mol. The van der Waals surface area contributed by atoms with Gasteiger partial charge >= 0.3 is 0 Å². The van der Waals surface area contributed by atoms with Gasteiger partial charge in [0.05, 0.1) is 10.9 Å². The topological polar surface area (TPSA) is 68.1 Å². The fourth-order valence-electron chi connectivity index (χ4n) is 1.00. The van der Waals surface area contributed by atoms with Crippen LogP contribution in [0, 0.1) is 0 Å². The molecule has 0 radical (unpaired) electrons. The molecule has 0 aliphatic carbocycles. The minimum atomic E-state index is 0.127. The first kappa shape index (κ1) is 7.93. The lowest BCUT2D eigenvalue weighted by Crippen LogP contribution is -1.82. The lowest BCUT2D eigenvalue weighted by molar-refractivity contribution is 0.698. The van der Waals surface area contributed by atoms with E-state index in [1.54, 1.807) is 18.5 Å². The van der Waals surface area contributed by atoms with Crippen molar-refractivity contribution in [3.8, 4) is 0 Å². The van der Waals surface area contributed by atoms with Gasteiger partial charge in [0.15, 0.2) is 5.82 Å². The summed E-state index contributed by atoms with van der Waals surface area (Å²) in [6, 6.07) is 1.74. The third kappa shape index (κ3) is 1.43. The minimum absolute atomic E-state index is 0.127. The summed E-state index contributed by atoms with van der Waals surface area (Å²) in [5, 5.41) is 0.688. The van der Waals surface area contributed by atoms with Crippen LogP contribution in [-0.4, -0.2) is 19.2 Å². The SMILES string of the molecule is O=S=Nc1nccc2ncncc12. The van der Waals surface area contributed by atoms with Crippen molar-refractivity contribution < 1.29 is 4.21 Å². The maximum atomic E-state index is 10.2. The molecule has 0 aliphatic rings. The molecular formula is C7H4N4OS. The number of fused-ring (bicyclic) bond motifs is 1. The normalized spacial score (nSPS) is 9.85. The Kier molecular flexibility index (Phi) is 2.05. The summed E-state index contributed by atoms with van der Waals surface area (Å²) >= 11 is 0.127. The Morgan fingerprint density at radius 3 is 3.15 bits per heavy atom. The van der Waals surface area contributed by atoms with Crippen LogP contribution in [-0.2, 0) is 11.5 Å². The van der Waals surface area contributed by atoms with E-state index in [9.17, 15) is 4.21 Å². The van der Waals surface area contributed by atoms with Crippen LogP contribution in [0.2, 0.25) is 0 Å². The summed E-state index contributed by atoms with van der Waals surface area (Å²) in [7, 11) is 0. The van der Waals surface area contributed by atoms with Crippen LogP contribution in [0.4, 0.5) is 5.82 Å². The van der Waals surface area contributed by atoms with Gasteiger partial charge in [-0.25, -0.2) is 15.0 Å². The van der Waals surface area contributed by atoms with Gasteiger partial charge in [0, 0.05) is 12.4 Å². The average molecular weight is 192 g/mol. The molecule has 64 valence electrons. The van der Waals surface area contributed by atoms with Gasteiger partial charge in [-0.3, -0.25) is 0 Å². The Balaban J connectivity index is 2.82. The quantitative estimate of drug-likeness (QED) is 0.677. The highest BCUT2D eigenvalue weighted by molar-refractivity contribution is 7.54. The van der Waals surface area contributed by atoms with Crippen molar-refractivity contribution in [1.82, 2.24) is 15.0 Å². The maximum Gasteiger partial charge on any atom is 0.206 e. The molecule has 0 saturated heterocycles. The van der Waals surface area contributed by atoms with E-state index in [0.29, 0.717) is 11.2 Å². The van der Waals surface area contributed by atoms with E-state index in [0.717, 1.165) is 5.52 Å². The summed E-state index contributed by atoms with van der Waals surface area (Å²) in [5.74, 6) is 0.373. The first-order chi connectivity index (χ1) is 6.42. The Labute approximate surface area is 77.1 Å². The second kappa shape index (κ2) is 3.36. The standard InChI is InChI=1S/C7H4N4OS/c12-13-11-7-5-3-8-4-10-6(5)1-2-9-7/h1-4H. The second-order valence-corrected chi connectivity index (χ2v) is 2.59. The lowest BCUT2D eigenvalue weighted by atomic mass is 10.3. The zero-order chi connectivity index (χ0) is 9.10. The van der Waals surface area contributed by atoms with Crippen LogP contribution < -0.4 is 0 Å². The molecule has 0 aliphatic heterocycles. The Hall–Kier alpha value is -1.69. The predicted octanol–water partition coefficient (Wildman–Crippen LogP) is 1.05. The van der Waals surface area contributed by atoms with Crippen molar-refractivity contribution in [2.45, 2.75) is 0 Å². The second-order valence-electron chi connectivity index (χ2n) is 2.26. The number of hydrogen-bond donors (Lipinski definition) is 0. The summed E-state index contributed by atoms with van der Waals surface area (Å²) in [6.07, 6.45) is 4.59. The van der Waals surface area contributed by atoms with Gasteiger partial charge in [0.1, 0.15) is 6.33 Å². The molecule has 0 N–H and O–H groups in total. The maximum absolute atomic E-state index is 10.2. The first-order valence-corrected chi connectivity index (χ1v) is 4.16. The summed E-state index contributed by atoms with van der Waals surface area (Å²) < 4.78 is 13.8. The highest BCUT2D eigenvalue weighted by Crippen LogP contribution is 2.19. The van der Waals surface area contributed by atoms with E-state index in [-0.39, 0.29) is 11.5 Å². The van der Waals surface area contributed by atoms with E-state index in [2.05, 4.69) is 19.3 Å². The molecule has 0 atom stereocenters. The zero-order valence-corrected chi connectivity index (χ0v) is 7.23. The fourth-order valence-corrected chi connectivity index (χ4v) is 1.22. The van der Waals surface area contributed by atoms with Crippen LogP contribution in [0.1, 0.15) is 0 Å². The van der Waals surface area contributed by atoms with Crippen molar-refractivity contribution in [3.05, 3.63) is 24.8 Å². The third-order valence-corrected chi connectivity index (χ3v) is 1.78. The highest BCUT2D eigenvalue weighted by atomic mass is 32.1. The Bertz CT molecular complexity index is 489. The minimum Gasteiger partial charge on any atom is -0.244 e. The van der Waals surface area contributed by atoms with Crippen LogP contribution in [0.25, 0.3) is 10.9 Å². The van der Waals surface area contributed by atoms with E-state index >= 15 is 0 Å². The summed E-state index contributed by atoms with van der Waals surface area (Å²) in [5.41, 5.74) is 0.734. The average Bonchev–Trinajstić information content (AvgIpc) is 2.19. The summed E-state index contributed by atoms with van der Waals surface area (Å²) in [6.45, 7) is 0. The highest BCUT2D eigenvalue weighted by Gasteiger charge is 2.00. The molecule has 0 bridgehead atoms. The molecule has 6 heteroatoms. The van der Waals surface area contributed by atoms with Gasteiger partial charge < -0.3 is 0 Å². The van der Waals surface area contributed by atoms with Crippen molar-refractivity contribution in [2.75, 3.05) is 0 Å². The molecule has 5 nitrogen and oxygen atoms in total. The van der Waals surface area contributed by atoms with E-state index in [1.165, 1.54) is 6.33 Å². The van der Waals surface area contributed by atoms with Crippen molar-refractivity contribution in [1.29, 1.82) is 0 Å². The molecular weight excluding hydrogens is 188 g/mol. The molecule has 0 saturated carbocycles. The molecule has 0 fully saturated rings. The molecule has 2 aromatic heterocycles. The molecule has 0 spiro atoms. The van der Waals surface area contributed by atoms with Gasteiger partial charge in [-0.15, -0.1) is 4.36 Å². The number of pyridine rings is 1. The molecule has 2 heterocycles. The van der Waals surface area contributed by atoms with Crippen molar-refractivity contribution in [2.24, 2.45) is 4.36 Å². The van der Waals surface area contributed by atoms with Gasteiger partial charge in [-0.2, -0.15) is 4.21 Å². The molecule has 13 heavy (non-hydrogen) atoms. The monoisotopic (exact) mass is 192 g/mol. The first-order valence-electron chi connectivity index (χ1n) is 3.46. The lowest BCUT2D eigenvalue weighted by Gasteiger charge is -1.95. The van der Waals surface area contributed by atoms with Gasteiger partial charge in [0.25, 0.3) is 0 Å². The third-order valence-electron chi connectivity index (χ3n) is 1.54. The number of nitrogens with zero attached hydrogens (tertiary/aromatic N) is 4. The Morgan fingerprint density at radius 1 is 1.38 bits per heavy atom. The Morgan fingerprint density at radius 2 is 2.31 bits per heavy atom. The molecule has 0 amide bonds. The van der Waals surface area contributed by atoms with E-state index in [1.807, 2.05) is 0 Å². The van der Waals surface area contributed by atoms with Crippen LogP contribution in [0.3, 0.4) is 0 Å². The van der Waals surface area contributed by atoms with Crippen LogP contribution in [0.15, 0.2) is 29.2 Å². The smallest absolute Gasteiger partial charge is 0.206 e. The van der Waals surface area contributed by atoms with Crippen molar-refractivity contribution >= 4 is 28.2 Å². The van der Waals surface area contributed by atoms with E-state index < -0.39 is 0 Å². The summed E-state index contributed by atoms with van der Waals surface area (Å²) in [4.78, 5) is 11.8. The van der Waals surface area contributed by atoms with Crippen LogP contribution >= 0.6 is 0 Å². The molecule has 0 unspecified atom stereocenters. The molecule has 2 aromatic rings. The van der Waals surface area contributed by atoms with Gasteiger partial charge in [0.2, 0.25) is 11.5 Å². The molecule has 0 aromatic carbocycles. The number of rotatable bonds is 1. The fraction of sp³-hybridized carbons (Fsp3) is 0. The van der Waals surface area contributed by atoms with Gasteiger partial charge in [-0.1, -0.05) is 0 Å². The van der Waals surface area contributed by atoms with E-state index in [4.69, 9.17) is 0 Å². The van der Waals surface area contributed by atoms with Crippen LogP contribution in [0.5, 0.6) is 0 Å². The zero-order valence-electron chi connectivity index (χ0n) is 6.41. The number of aromatic nitrogens is 3. The van der Waals surface area contributed by atoms with Crippen molar-refractivity contribution in [3.63, 3.8) is 0 Å². The number of hydrogen-bond acceptors (Lipinski definition) is 5. The molecule has 2 rings (SSSR count).